The Bertz CT molecular complexity index is 396. The van der Waals surface area contributed by atoms with E-state index in [0.29, 0.717) is 5.41 Å². The molecule has 1 heterocycles. The number of nitrogens with zero attached hydrogens (tertiary/aromatic N) is 2. The molecule has 3 heteroatoms. The van der Waals surface area contributed by atoms with E-state index in [1.165, 1.54) is 30.9 Å². The Kier molecular flexibility index (Phi) is 2.69. The minimum atomic E-state index is 0.699. The van der Waals surface area contributed by atoms with E-state index in [1.54, 1.807) is 25.5 Å². The summed E-state index contributed by atoms with van der Waals surface area (Å²) in [6.45, 7) is 0. The molecule has 0 aliphatic heterocycles. The molecular formula is C15H21N2P. The highest BCUT2D eigenvalue weighted by Gasteiger charge is 2.50. The smallest absolute Gasteiger partial charge is 0.0782 e. The second-order valence-corrected chi connectivity index (χ2v) is 8.08. The second kappa shape index (κ2) is 4.27. The average molecular weight is 260 g/mol. The van der Waals surface area contributed by atoms with Crippen molar-refractivity contribution in [3.8, 4) is 0 Å². The fourth-order valence-electron chi connectivity index (χ4n) is 5.17. The standard InChI is InChI=1S/C15H21N2P/c1-2-17-14(9-16-1)18-10-15-6-11-3-12(7-15)5-13(4-11)8-15/h1-2,9,11-13,18H,3-8,10H2. The van der Waals surface area contributed by atoms with Crippen LogP contribution in [0.4, 0.5) is 0 Å². The summed E-state index contributed by atoms with van der Waals surface area (Å²) in [6.07, 6.45) is 16.2. The summed E-state index contributed by atoms with van der Waals surface area (Å²) in [6, 6.07) is 0. The monoisotopic (exact) mass is 260 g/mol. The Morgan fingerprint density at radius 1 is 1.06 bits per heavy atom. The van der Waals surface area contributed by atoms with Gasteiger partial charge in [0.05, 0.1) is 11.6 Å². The predicted octanol–water partition coefficient (Wildman–Crippen LogP) is 3.00. The lowest BCUT2D eigenvalue weighted by Gasteiger charge is -2.57. The topological polar surface area (TPSA) is 25.8 Å². The molecule has 4 bridgehead atoms. The Morgan fingerprint density at radius 3 is 2.28 bits per heavy atom. The Labute approximate surface area is 111 Å². The first kappa shape index (κ1) is 11.3. The molecule has 4 aliphatic rings. The molecule has 18 heavy (non-hydrogen) atoms. The predicted molar refractivity (Wildman–Crippen MR) is 75.5 cm³/mol. The van der Waals surface area contributed by atoms with Gasteiger partial charge in [-0.3, -0.25) is 9.97 Å². The Hall–Kier alpha value is -0.490. The maximum Gasteiger partial charge on any atom is 0.0782 e. The Balaban J connectivity index is 1.48. The van der Waals surface area contributed by atoms with Crippen LogP contribution < -0.4 is 5.44 Å². The van der Waals surface area contributed by atoms with Crippen molar-refractivity contribution in [2.24, 2.45) is 23.2 Å². The fraction of sp³-hybridized carbons (Fsp3) is 0.733. The lowest BCUT2D eigenvalue weighted by molar-refractivity contribution is -0.0384. The van der Waals surface area contributed by atoms with Crippen LogP contribution >= 0.6 is 8.58 Å². The van der Waals surface area contributed by atoms with E-state index in [4.69, 9.17) is 0 Å². The summed E-state index contributed by atoms with van der Waals surface area (Å²) in [7, 11) is 0.873. The molecule has 2 nitrogen and oxygen atoms in total. The van der Waals surface area contributed by atoms with E-state index in [1.807, 2.05) is 12.4 Å². The van der Waals surface area contributed by atoms with Gasteiger partial charge in [-0.25, -0.2) is 0 Å². The molecule has 4 saturated carbocycles. The van der Waals surface area contributed by atoms with Gasteiger partial charge in [-0.1, -0.05) is 8.58 Å². The quantitative estimate of drug-likeness (QED) is 0.781. The van der Waals surface area contributed by atoms with Crippen molar-refractivity contribution < 1.29 is 0 Å². The molecule has 4 fully saturated rings. The van der Waals surface area contributed by atoms with Crippen LogP contribution in [0.2, 0.25) is 0 Å². The van der Waals surface area contributed by atoms with Crippen molar-refractivity contribution in [3.05, 3.63) is 18.6 Å². The maximum atomic E-state index is 4.45. The molecule has 0 N–H and O–H groups in total. The van der Waals surface area contributed by atoms with Crippen molar-refractivity contribution in [1.29, 1.82) is 0 Å². The first-order valence-corrected chi connectivity index (χ1v) is 8.52. The third kappa shape index (κ3) is 1.99. The zero-order valence-electron chi connectivity index (χ0n) is 10.8. The van der Waals surface area contributed by atoms with Gasteiger partial charge in [0, 0.05) is 12.4 Å². The van der Waals surface area contributed by atoms with Gasteiger partial charge in [0.2, 0.25) is 0 Å². The highest BCUT2D eigenvalue weighted by Crippen LogP contribution is 2.61. The number of hydrogen-bond donors (Lipinski definition) is 0. The van der Waals surface area contributed by atoms with Gasteiger partial charge in [0.1, 0.15) is 0 Å². The van der Waals surface area contributed by atoms with E-state index in [2.05, 4.69) is 9.97 Å². The van der Waals surface area contributed by atoms with E-state index < -0.39 is 0 Å². The van der Waals surface area contributed by atoms with Crippen molar-refractivity contribution >= 4 is 14.0 Å². The lowest BCUT2D eigenvalue weighted by atomic mass is 9.50. The van der Waals surface area contributed by atoms with Crippen molar-refractivity contribution in [3.63, 3.8) is 0 Å². The molecule has 0 saturated heterocycles. The van der Waals surface area contributed by atoms with Crippen LogP contribution in [0.5, 0.6) is 0 Å². The minimum absolute atomic E-state index is 0.699. The van der Waals surface area contributed by atoms with Gasteiger partial charge in [-0.2, -0.15) is 0 Å². The van der Waals surface area contributed by atoms with Crippen molar-refractivity contribution in [2.75, 3.05) is 6.16 Å². The maximum absolute atomic E-state index is 4.45. The van der Waals surface area contributed by atoms with Crippen LogP contribution in [0, 0.1) is 23.2 Å². The van der Waals surface area contributed by atoms with Gasteiger partial charge in [0.25, 0.3) is 0 Å². The van der Waals surface area contributed by atoms with Crippen molar-refractivity contribution in [1.82, 2.24) is 9.97 Å². The van der Waals surface area contributed by atoms with E-state index >= 15 is 0 Å². The van der Waals surface area contributed by atoms with Gasteiger partial charge in [-0.15, -0.1) is 0 Å². The Morgan fingerprint density at radius 2 is 1.72 bits per heavy atom. The molecule has 96 valence electrons. The second-order valence-electron chi connectivity index (χ2n) is 6.86. The van der Waals surface area contributed by atoms with Crippen LogP contribution in [0.3, 0.4) is 0 Å². The lowest BCUT2D eigenvalue weighted by Crippen LogP contribution is -2.47. The summed E-state index contributed by atoms with van der Waals surface area (Å²) < 4.78 is 0. The molecule has 1 atom stereocenters. The van der Waals surface area contributed by atoms with Gasteiger partial charge in [0.15, 0.2) is 0 Å². The van der Waals surface area contributed by atoms with E-state index in [9.17, 15) is 0 Å². The highest BCUT2D eigenvalue weighted by molar-refractivity contribution is 7.46. The third-order valence-electron chi connectivity index (χ3n) is 5.37. The molecule has 0 spiro atoms. The molecule has 1 unspecified atom stereocenters. The van der Waals surface area contributed by atoms with Gasteiger partial charge < -0.3 is 0 Å². The number of rotatable bonds is 3. The van der Waals surface area contributed by atoms with Crippen LogP contribution in [0.25, 0.3) is 0 Å². The largest absolute Gasteiger partial charge is 0.261 e. The van der Waals surface area contributed by atoms with Crippen LogP contribution in [0.15, 0.2) is 18.6 Å². The number of aromatic nitrogens is 2. The van der Waals surface area contributed by atoms with E-state index in [-0.39, 0.29) is 0 Å². The average Bonchev–Trinajstić information content (AvgIpc) is 2.36. The summed E-state index contributed by atoms with van der Waals surface area (Å²) in [5.74, 6) is 3.22. The molecule has 1 aromatic rings. The first-order chi connectivity index (χ1) is 8.81. The van der Waals surface area contributed by atoms with Crippen LogP contribution in [-0.4, -0.2) is 16.1 Å². The molecule has 4 aliphatic carbocycles. The van der Waals surface area contributed by atoms with Gasteiger partial charge in [-0.05, 0) is 67.9 Å². The minimum Gasteiger partial charge on any atom is -0.261 e. The van der Waals surface area contributed by atoms with Crippen LogP contribution in [0.1, 0.15) is 38.5 Å². The van der Waals surface area contributed by atoms with Gasteiger partial charge >= 0.3 is 0 Å². The van der Waals surface area contributed by atoms with Crippen LogP contribution in [-0.2, 0) is 0 Å². The summed E-state index contributed by atoms with van der Waals surface area (Å²) in [5, 5.41) is 0. The third-order valence-corrected chi connectivity index (χ3v) is 6.92. The molecule has 0 radical (unpaired) electrons. The van der Waals surface area contributed by atoms with Crippen molar-refractivity contribution in [2.45, 2.75) is 38.5 Å². The fourth-order valence-corrected chi connectivity index (χ4v) is 6.50. The first-order valence-electron chi connectivity index (χ1n) is 7.31. The molecule has 1 aromatic heterocycles. The normalized spacial score (nSPS) is 41.9. The number of hydrogen-bond acceptors (Lipinski definition) is 2. The molecular weight excluding hydrogens is 239 g/mol. The molecule has 0 aromatic carbocycles. The zero-order valence-corrected chi connectivity index (χ0v) is 11.8. The SMILES string of the molecule is c1cnc(PCC23CC4CC(CC(C4)C2)C3)cn1. The van der Waals surface area contributed by atoms with E-state index in [0.717, 1.165) is 26.3 Å². The zero-order chi connectivity index (χ0) is 12.0. The molecule has 0 amide bonds. The molecule has 5 rings (SSSR count). The summed E-state index contributed by atoms with van der Waals surface area (Å²) in [4.78, 5) is 8.64. The summed E-state index contributed by atoms with van der Waals surface area (Å²) >= 11 is 0. The summed E-state index contributed by atoms with van der Waals surface area (Å²) in [5.41, 5.74) is 1.92. The highest BCUT2D eigenvalue weighted by atomic mass is 31.1.